The van der Waals surface area contributed by atoms with Crippen molar-refractivity contribution in [3.05, 3.63) is 22.9 Å². The molecule has 1 fully saturated rings. The molecule has 2 unspecified atom stereocenters. The van der Waals surface area contributed by atoms with Gasteiger partial charge in [-0.05, 0) is 41.8 Å². The maximum Gasteiger partial charge on any atom is 0.0774 e. The van der Waals surface area contributed by atoms with Gasteiger partial charge in [0.05, 0.1) is 18.0 Å². The molecule has 1 aromatic rings. The fourth-order valence-corrected chi connectivity index (χ4v) is 2.21. The van der Waals surface area contributed by atoms with E-state index >= 15 is 0 Å². The normalized spacial score (nSPS) is 22.7. The van der Waals surface area contributed by atoms with Crippen molar-refractivity contribution < 1.29 is 4.74 Å². The summed E-state index contributed by atoms with van der Waals surface area (Å²) >= 11 is 3.40. The van der Waals surface area contributed by atoms with Crippen LogP contribution in [0.25, 0.3) is 0 Å². The molecular formula is C11H15BrN2O. The van der Waals surface area contributed by atoms with Crippen molar-refractivity contribution in [3.63, 3.8) is 0 Å². The van der Waals surface area contributed by atoms with Crippen LogP contribution in [-0.4, -0.2) is 23.7 Å². The lowest BCUT2D eigenvalue weighted by atomic mass is 10.1. The Kier molecular flexibility index (Phi) is 3.59. The van der Waals surface area contributed by atoms with Crippen LogP contribution in [0.3, 0.4) is 0 Å². The number of ether oxygens (including phenoxy) is 1. The minimum Gasteiger partial charge on any atom is -0.379 e. The fraction of sp³-hybridized carbons (Fsp3) is 0.545. The molecule has 0 saturated carbocycles. The molecule has 1 saturated heterocycles. The second-order valence-electron chi connectivity index (χ2n) is 3.88. The molecule has 1 aromatic heterocycles. The van der Waals surface area contributed by atoms with Crippen molar-refractivity contribution in [3.8, 4) is 0 Å². The van der Waals surface area contributed by atoms with E-state index in [2.05, 4.69) is 33.2 Å². The van der Waals surface area contributed by atoms with Crippen molar-refractivity contribution >= 4 is 21.6 Å². The average molecular weight is 271 g/mol. The predicted molar refractivity (Wildman–Crippen MR) is 64.0 cm³/mol. The molecule has 2 atom stereocenters. The Morgan fingerprint density at radius 2 is 2.47 bits per heavy atom. The van der Waals surface area contributed by atoms with Crippen LogP contribution in [0.1, 0.15) is 19.8 Å². The number of nitrogens with zero attached hydrogens (tertiary/aromatic N) is 1. The van der Waals surface area contributed by atoms with Gasteiger partial charge >= 0.3 is 0 Å². The lowest BCUT2D eigenvalue weighted by Crippen LogP contribution is -2.29. The van der Waals surface area contributed by atoms with E-state index in [9.17, 15) is 0 Å². The third-order valence-corrected chi connectivity index (χ3v) is 3.06. The first-order chi connectivity index (χ1) is 7.25. The van der Waals surface area contributed by atoms with Crippen LogP contribution in [-0.2, 0) is 4.74 Å². The number of rotatable bonds is 3. The van der Waals surface area contributed by atoms with Gasteiger partial charge in [-0.25, -0.2) is 0 Å². The summed E-state index contributed by atoms with van der Waals surface area (Å²) in [5.74, 6) is 0. The summed E-state index contributed by atoms with van der Waals surface area (Å²) in [6.45, 7) is 3.05. The van der Waals surface area contributed by atoms with Crippen LogP contribution in [0.5, 0.6) is 0 Å². The first kappa shape index (κ1) is 10.9. The Hall–Kier alpha value is -0.610. The first-order valence-electron chi connectivity index (χ1n) is 5.24. The number of hydrogen-bond donors (Lipinski definition) is 1. The predicted octanol–water partition coefficient (Wildman–Crippen LogP) is 2.82. The molecule has 0 spiro atoms. The molecule has 2 heterocycles. The quantitative estimate of drug-likeness (QED) is 0.917. The summed E-state index contributed by atoms with van der Waals surface area (Å²) < 4.78 is 6.62. The average Bonchev–Trinajstić information content (AvgIpc) is 2.70. The van der Waals surface area contributed by atoms with E-state index in [1.54, 1.807) is 6.20 Å². The van der Waals surface area contributed by atoms with Crippen molar-refractivity contribution in [2.45, 2.75) is 31.9 Å². The van der Waals surface area contributed by atoms with E-state index in [1.807, 2.05) is 12.3 Å². The zero-order valence-corrected chi connectivity index (χ0v) is 10.3. The maximum atomic E-state index is 5.62. The molecule has 0 radical (unpaired) electrons. The summed E-state index contributed by atoms with van der Waals surface area (Å²) in [4.78, 5) is 4.11. The number of hydrogen-bond acceptors (Lipinski definition) is 3. The molecule has 3 nitrogen and oxygen atoms in total. The van der Waals surface area contributed by atoms with E-state index in [1.165, 1.54) is 6.42 Å². The minimum atomic E-state index is 0.337. The number of pyridine rings is 1. The Balaban J connectivity index is 1.95. The van der Waals surface area contributed by atoms with Gasteiger partial charge in [0.2, 0.25) is 0 Å². The summed E-state index contributed by atoms with van der Waals surface area (Å²) in [6, 6.07) is 2.36. The van der Waals surface area contributed by atoms with Crippen molar-refractivity contribution in [2.24, 2.45) is 0 Å². The van der Waals surface area contributed by atoms with Crippen LogP contribution < -0.4 is 5.32 Å². The molecular weight excluding hydrogens is 256 g/mol. The molecule has 2 rings (SSSR count). The molecule has 82 valence electrons. The van der Waals surface area contributed by atoms with Gasteiger partial charge in [-0.1, -0.05) is 0 Å². The Bertz CT molecular complexity index is 326. The van der Waals surface area contributed by atoms with Crippen molar-refractivity contribution in [1.82, 2.24) is 4.98 Å². The molecule has 15 heavy (non-hydrogen) atoms. The van der Waals surface area contributed by atoms with Gasteiger partial charge in [0.15, 0.2) is 0 Å². The van der Waals surface area contributed by atoms with E-state index in [0.717, 1.165) is 23.2 Å². The molecule has 1 N–H and O–H groups in total. The van der Waals surface area contributed by atoms with Gasteiger partial charge < -0.3 is 10.1 Å². The van der Waals surface area contributed by atoms with Crippen molar-refractivity contribution in [2.75, 3.05) is 11.9 Å². The summed E-state index contributed by atoms with van der Waals surface area (Å²) in [7, 11) is 0. The van der Waals surface area contributed by atoms with Crippen molar-refractivity contribution in [1.29, 1.82) is 0 Å². The molecule has 0 bridgehead atoms. The van der Waals surface area contributed by atoms with Gasteiger partial charge in [-0.3, -0.25) is 4.98 Å². The van der Waals surface area contributed by atoms with E-state index in [-0.39, 0.29) is 0 Å². The van der Waals surface area contributed by atoms with Gasteiger partial charge in [0, 0.05) is 23.3 Å². The molecule has 1 aliphatic heterocycles. The van der Waals surface area contributed by atoms with Gasteiger partial charge in [-0.2, -0.15) is 0 Å². The standard InChI is InChI=1S/C11H15BrN2O/c1-8(11-3-2-4-15-11)14-10-5-9(12)6-13-7-10/h5-8,11,14H,2-4H2,1H3. The highest BCUT2D eigenvalue weighted by atomic mass is 79.9. The topological polar surface area (TPSA) is 34.2 Å². The first-order valence-corrected chi connectivity index (χ1v) is 6.04. The second kappa shape index (κ2) is 4.94. The second-order valence-corrected chi connectivity index (χ2v) is 4.79. The highest BCUT2D eigenvalue weighted by molar-refractivity contribution is 9.10. The minimum absolute atomic E-state index is 0.337. The zero-order valence-electron chi connectivity index (χ0n) is 8.74. The molecule has 1 aliphatic rings. The number of nitrogens with one attached hydrogen (secondary N) is 1. The third kappa shape index (κ3) is 2.92. The maximum absolute atomic E-state index is 5.62. The molecule has 0 aromatic carbocycles. The SMILES string of the molecule is CC(Nc1cncc(Br)c1)C1CCCO1. The molecule has 0 aliphatic carbocycles. The lowest BCUT2D eigenvalue weighted by Gasteiger charge is -2.20. The van der Waals surface area contributed by atoms with Crippen LogP contribution >= 0.6 is 15.9 Å². The summed E-state index contributed by atoms with van der Waals surface area (Å²) in [6.07, 6.45) is 6.27. The number of anilines is 1. The smallest absolute Gasteiger partial charge is 0.0774 e. The zero-order chi connectivity index (χ0) is 10.7. The summed E-state index contributed by atoms with van der Waals surface area (Å²) in [5.41, 5.74) is 1.03. The lowest BCUT2D eigenvalue weighted by molar-refractivity contribution is 0.0996. The van der Waals surface area contributed by atoms with Crippen LogP contribution in [0.15, 0.2) is 22.9 Å². The van der Waals surface area contributed by atoms with Gasteiger partial charge in [0.25, 0.3) is 0 Å². The Morgan fingerprint density at radius 1 is 1.60 bits per heavy atom. The third-order valence-electron chi connectivity index (χ3n) is 2.62. The van der Waals surface area contributed by atoms with E-state index in [0.29, 0.717) is 12.1 Å². The van der Waals surface area contributed by atoms with Gasteiger partial charge in [0.1, 0.15) is 0 Å². The Labute approximate surface area is 98.4 Å². The highest BCUT2D eigenvalue weighted by Crippen LogP contribution is 2.20. The number of aromatic nitrogens is 1. The Morgan fingerprint density at radius 3 is 3.13 bits per heavy atom. The highest BCUT2D eigenvalue weighted by Gasteiger charge is 2.22. The number of halogens is 1. The van der Waals surface area contributed by atoms with Crippen LogP contribution in [0.2, 0.25) is 0 Å². The molecule has 4 heteroatoms. The van der Waals surface area contributed by atoms with E-state index < -0.39 is 0 Å². The fourth-order valence-electron chi connectivity index (χ4n) is 1.84. The molecule has 0 amide bonds. The van der Waals surface area contributed by atoms with E-state index in [4.69, 9.17) is 4.74 Å². The monoisotopic (exact) mass is 270 g/mol. The largest absolute Gasteiger partial charge is 0.379 e. The van der Waals surface area contributed by atoms with Crippen LogP contribution in [0.4, 0.5) is 5.69 Å². The van der Waals surface area contributed by atoms with Crippen LogP contribution in [0, 0.1) is 0 Å². The van der Waals surface area contributed by atoms with Gasteiger partial charge in [-0.15, -0.1) is 0 Å². The summed E-state index contributed by atoms with van der Waals surface area (Å²) in [5, 5.41) is 3.41.